The van der Waals surface area contributed by atoms with Crippen LogP contribution in [0.25, 0.3) is 0 Å². The van der Waals surface area contributed by atoms with Gasteiger partial charge >= 0.3 is 12.0 Å². The predicted molar refractivity (Wildman–Crippen MR) is 106 cm³/mol. The van der Waals surface area contributed by atoms with Crippen molar-refractivity contribution in [2.24, 2.45) is 0 Å². The number of nitrogens with zero attached hydrogens (tertiary/aromatic N) is 1. The zero-order valence-corrected chi connectivity index (χ0v) is 17.1. The van der Waals surface area contributed by atoms with Crippen LogP contribution in [-0.2, 0) is 25.7 Å². The first-order valence-corrected chi connectivity index (χ1v) is 10.1. The SMILES string of the molecule is COc1ccccc1CNC(=O)COC(=O)CCCN1C(=O)NC2(CCCC2)C1=O. The summed E-state index contributed by atoms with van der Waals surface area (Å²) in [6.45, 7) is 0.0239. The number of para-hydroxylation sites is 1. The molecule has 1 saturated heterocycles. The number of hydrogen-bond donors (Lipinski definition) is 2. The third kappa shape index (κ3) is 4.90. The summed E-state index contributed by atoms with van der Waals surface area (Å²) < 4.78 is 10.2. The molecule has 0 atom stereocenters. The summed E-state index contributed by atoms with van der Waals surface area (Å²) in [4.78, 5) is 49.6. The van der Waals surface area contributed by atoms with Crippen LogP contribution in [-0.4, -0.2) is 54.5 Å². The molecule has 0 unspecified atom stereocenters. The number of imide groups is 1. The van der Waals surface area contributed by atoms with E-state index in [2.05, 4.69) is 10.6 Å². The van der Waals surface area contributed by atoms with Gasteiger partial charge in [0, 0.05) is 25.1 Å². The Morgan fingerprint density at radius 3 is 2.67 bits per heavy atom. The van der Waals surface area contributed by atoms with Crippen molar-refractivity contribution in [2.45, 2.75) is 50.6 Å². The molecule has 1 saturated carbocycles. The fourth-order valence-corrected chi connectivity index (χ4v) is 3.89. The number of ether oxygens (including phenoxy) is 2. The molecule has 9 heteroatoms. The molecule has 1 aliphatic heterocycles. The van der Waals surface area contributed by atoms with Gasteiger partial charge in [-0.2, -0.15) is 0 Å². The average Bonchev–Trinajstić information content (AvgIpc) is 3.31. The van der Waals surface area contributed by atoms with Crippen LogP contribution in [0.1, 0.15) is 44.1 Å². The van der Waals surface area contributed by atoms with Crippen LogP contribution in [0.15, 0.2) is 24.3 Å². The van der Waals surface area contributed by atoms with Gasteiger partial charge in [-0.3, -0.25) is 19.3 Å². The summed E-state index contributed by atoms with van der Waals surface area (Å²) in [5.74, 6) is -0.514. The number of amides is 4. The lowest BCUT2D eigenvalue weighted by Gasteiger charge is -2.19. The summed E-state index contributed by atoms with van der Waals surface area (Å²) >= 11 is 0. The number of nitrogens with one attached hydrogen (secondary N) is 2. The van der Waals surface area contributed by atoms with E-state index >= 15 is 0 Å². The van der Waals surface area contributed by atoms with Crippen LogP contribution in [0.4, 0.5) is 4.79 Å². The van der Waals surface area contributed by atoms with Crippen LogP contribution in [0, 0.1) is 0 Å². The van der Waals surface area contributed by atoms with E-state index in [1.54, 1.807) is 13.2 Å². The standard InChI is InChI=1S/C21H27N3O6/c1-29-16-8-3-2-7-15(16)13-22-17(25)14-30-18(26)9-6-12-24-19(27)21(23-20(24)28)10-4-5-11-21/h2-3,7-8H,4-6,9-14H2,1H3,(H,22,25)(H,23,28). The van der Waals surface area contributed by atoms with E-state index < -0.39 is 23.4 Å². The molecule has 1 aromatic rings. The van der Waals surface area contributed by atoms with Crippen LogP contribution in [0.3, 0.4) is 0 Å². The normalized spacial score (nSPS) is 17.2. The van der Waals surface area contributed by atoms with Crippen molar-refractivity contribution in [3.05, 3.63) is 29.8 Å². The smallest absolute Gasteiger partial charge is 0.325 e. The monoisotopic (exact) mass is 417 g/mol. The minimum Gasteiger partial charge on any atom is -0.496 e. The second-order valence-corrected chi connectivity index (χ2v) is 7.53. The van der Waals surface area contributed by atoms with Gasteiger partial charge in [-0.25, -0.2) is 4.79 Å². The molecule has 162 valence electrons. The van der Waals surface area contributed by atoms with E-state index in [4.69, 9.17) is 9.47 Å². The first-order chi connectivity index (χ1) is 14.4. The van der Waals surface area contributed by atoms with Gasteiger partial charge in [0.15, 0.2) is 6.61 Å². The molecule has 1 aromatic carbocycles. The Balaban J connectivity index is 1.34. The Morgan fingerprint density at radius 1 is 1.20 bits per heavy atom. The molecule has 0 aromatic heterocycles. The summed E-state index contributed by atoms with van der Waals surface area (Å²) in [5.41, 5.74) is 0.0742. The van der Waals surface area contributed by atoms with Gasteiger partial charge in [0.1, 0.15) is 11.3 Å². The molecule has 0 bridgehead atoms. The largest absolute Gasteiger partial charge is 0.496 e. The highest BCUT2D eigenvalue weighted by molar-refractivity contribution is 6.07. The van der Waals surface area contributed by atoms with Crippen LogP contribution in [0.5, 0.6) is 5.75 Å². The number of benzene rings is 1. The Labute approximate surface area is 175 Å². The Morgan fingerprint density at radius 2 is 1.93 bits per heavy atom. The maximum absolute atomic E-state index is 12.5. The first-order valence-electron chi connectivity index (χ1n) is 10.1. The molecular formula is C21H27N3O6. The van der Waals surface area contributed by atoms with E-state index in [1.807, 2.05) is 18.2 Å². The van der Waals surface area contributed by atoms with Crippen LogP contribution >= 0.6 is 0 Å². The Bertz CT molecular complexity index is 819. The van der Waals surface area contributed by atoms with E-state index in [9.17, 15) is 19.2 Å². The summed E-state index contributed by atoms with van der Waals surface area (Å²) in [7, 11) is 1.55. The lowest BCUT2D eigenvalue weighted by molar-refractivity contribution is -0.148. The maximum Gasteiger partial charge on any atom is 0.325 e. The number of rotatable bonds is 9. The van der Waals surface area contributed by atoms with E-state index in [1.165, 1.54) is 4.90 Å². The van der Waals surface area contributed by atoms with Gasteiger partial charge in [-0.15, -0.1) is 0 Å². The lowest BCUT2D eigenvalue weighted by Crippen LogP contribution is -2.44. The minimum absolute atomic E-state index is 0.0177. The molecule has 4 amide bonds. The quantitative estimate of drug-likeness (QED) is 0.465. The number of hydrogen-bond acceptors (Lipinski definition) is 6. The number of carbonyl (C=O) groups excluding carboxylic acids is 4. The maximum atomic E-state index is 12.5. The van der Waals surface area contributed by atoms with Crippen molar-refractivity contribution in [1.29, 1.82) is 0 Å². The predicted octanol–water partition coefficient (Wildman–Crippen LogP) is 1.50. The van der Waals surface area contributed by atoms with Crippen molar-refractivity contribution < 1.29 is 28.7 Å². The summed E-state index contributed by atoms with van der Waals surface area (Å²) in [6, 6.07) is 6.90. The zero-order valence-electron chi connectivity index (χ0n) is 17.1. The molecule has 30 heavy (non-hydrogen) atoms. The topological polar surface area (TPSA) is 114 Å². The van der Waals surface area contributed by atoms with E-state index in [0.717, 1.165) is 18.4 Å². The van der Waals surface area contributed by atoms with Crippen molar-refractivity contribution in [2.75, 3.05) is 20.3 Å². The molecule has 1 heterocycles. The van der Waals surface area contributed by atoms with Crippen molar-refractivity contribution in [1.82, 2.24) is 15.5 Å². The Kier molecular flexibility index (Phi) is 6.91. The molecule has 9 nitrogen and oxygen atoms in total. The van der Waals surface area contributed by atoms with Crippen LogP contribution < -0.4 is 15.4 Å². The second kappa shape index (κ2) is 9.60. The summed E-state index contributed by atoms with van der Waals surface area (Å²) in [6.07, 6.45) is 3.48. The number of esters is 1. The highest BCUT2D eigenvalue weighted by Gasteiger charge is 2.52. The van der Waals surface area contributed by atoms with Crippen molar-refractivity contribution in [3.8, 4) is 5.75 Å². The fourth-order valence-electron chi connectivity index (χ4n) is 3.89. The third-order valence-electron chi connectivity index (χ3n) is 5.50. The van der Waals surface area contributed by atoms with Crippen LogP contribution in [0.2, 0.25) is 0 Å². The molecule has 1 spiro atoms. The van der Waals surface area contributed by atoms with Crippen molar-refractivity contribution in [3.63, 3.8) is 0 Å². The highest BCUT2D eigenvalue weighted by atomic mass is 16.5. The van der Waals surface area contributed by atoms with Gasteiger partial charge in [-0.1, -0.05) is 31.0 Å². The van der Waals surface area contributed by atoms with Gasteiger partial charge in [0.25, 0.3) is 11.8 Å². The van der Waals surface area contributed by atoms with E-state index in [-0.39, 0.29) is 38.4 Å². The zero-order chi connectivity index (χ0) is 21.6. The third-order valence-corrected chi connectivity index (χ3v) is 5.50. The van der Waals surface area contributed by atoms with E-state index in [0.29, 0.717) is 18.6 Å². The van der Waals surface area contributed by atoms with Gasteiger partial charge in [0.2, 0.25) is 0 Å². The minimum atomic E-state index is -0.739. The molecule has 0 radical (unpaired) electrons. The first kappa shape index (κ1) is 21.6. The highest BCUT2D eigenvalue weighted by Crippen LogP contribution is 2.35. The average molecular weight is 417 g/mol. The molecule has 3 rings (SSSR count). The van der Waals surface area contributed by atoms with Gasteiger partial charge in [0.05, 0.1) is 7.11 Å². The number of urea groups is 1. The van der Waals surface area contributed by atoms with Gasteiger partial charge < -0.3 is 20.1 Å². The number of carbonyl (C=O) groups is 4. The fraction of sp³-hybridized carbons (Fsp3) is 0.524. The molecule has 2 aliphatic rings. The lowest BCUT2D eigenvalue weighted by atomic mass is 9.98. The molecule has 2 fully saturated rings. The number of methoxy groups -OCH3 is 1. The second-order valence-electron chi connectivity index (χ2n) is 7.53. The van der Waals surface area contributed by atoms with Crippen molar-refractivity contribution >= 4 is 23.8 Å². The molecular weight excluding hydrogens is 390 g/mol. The molecule has 2 N–H and O–H groups in total. The molecule has 1 aliphatic carbocycles. The van der Waals surface area contributed by atoms with Gasteiger partial charge in [-0.05, 0) is 25.3 Å². The summed E-state index contributed by atoms with van der Waals surface area (Å²) in [5, 5.41) is 5.47. The Hall–Kier alpha value is -3.10.